The predicted molar refractivity (Wildman–Crippen MR) is 72.4 cm³/mol. The lowest BCUT2D eigenvalue weighted by atomic mass is 10.2. The van der Waals surface area contributed by atoms with Crippen LogP contribution in [-0.4, -0.2) is 17.4 Å². The largest absolute Gasteiger partial charge is 0.384 e. The molecule has 2 rings (SSSR count). The molecule has 0 bridgehead atoms. The van der Waals surface area contributed by atoms with E-state index in [-0.39, 0.29) is 5.91 Å². The van der Waals surface area contributed by atoms with Crippen molar-refractivity contribution in [3.05, 3.63) is 54.2 Å². The zero-order valence-corrected chi connectivity index (χ0v) is 10.2. The van der Waals surface area contributed by atoms with Gasteiger partial charge in [0.25, 0.3) is 5.91 Å². The molecule has 2 N–H and O–H groups in total. The van der Waals surface area contributed by atoms with Gasteiger partial charge in [0.1, 0.15) is 11.5 Å². The van der Waals surface area contributed by atoms with Gasteiger partial charge in [0.15, 0.2) is 0 Å². The molecule has 0 aliphatic carbocycles. The topological polar surface area (TPSA) is 59.2 Å². The summed E-state index contributed by atoms with van der Waals surface area (Å²) in [6, 6.07) is 14.6. The van der Waals surface area contributed by atoms with Crippen LogP contribution in [0.3, 0.4) is 0 Å². The predicted octanol–water partition coefficient (Wildman–Crippen LogP) is 2.33. The lowest BCUT2D eigenvalue weighted by molar-refractivity contribution is 0.0983. The van der Waals surface area contributed by atoms with Crippen molar-refractivity contribution in [3.63, 3.8) is 0 Å². The first-order chi connectivity index (χ1) is 8.72. The Balaban J connectivity index is 2.32. The quantitative estimate of drug-likeness (QED) is 0.897. The molecule has 0 saturated carbocycles. The molecule has 0 spiro atoms. The van der Waals surface area contributed by atoms with E-state index in [1.165, 1.54) is 0 Å². The van der Waals surface area contributed by atoms with Crippen molar-refractivity contribution < 1.29 is 4.79 Å². The molecule has 4 heteroatoms. The number of nitrogens with two attached hydrogens (primary N) is 1. The maximum atomic E-state index is 12.3. The summed E-state index contributed by atoms with van der Waals surface area (Å²) in [7, 11) is 0. The van der Waals surface area contributed by atoms with Crippen LogP contribution < -0.4 is 10.6 Å². The SMILES string of the molecule is CCN(C(=O)c1cccc(N)n1)c1ccccc1. The van der Waals surface area contributed by atoms with Gasteiger partial charge in [0, 0.05) is 12.2 Å². The molecule has 1 heterocycles. The van der Waals surface area contributed by atoms with Crippen molar-refractivity contribution >= 4 is 17.4 Å². The summed E-state index contributed by atoms with van der Waals surface area (Å²) in [6.45, 7) is 2.51. The Morgan fingerprint density at radius 2 is 1.89 bits per heavy atom. The number of rotatable bonds is 3. The van der Waals surface area contributed by atoms with Crippen molar-refractivity contribution in [2.45, 2.75) is 6.92 Å². The molecule has 0 saturated heterocycles. The normalized spacial score (nSPS) is 10.1. The molecule has 0 fully saturated rings. The smallest absolute Gasteiger partial charge is 0.276 e. The number of carbonyl (C=O) groups excluding carboxylic acids is 1. The maximum absolute atomic E-state index is 12.3. The van der Waals surface area contributed by atoms with Gasteiger partial charge in [-0.25, -0.2) is 4.98 Å². The third-order valence-corrected chi connectivity index (χ3v) is 2.62. The van der Waals surface area contributed by atoms with Crippen LogP contribution >= 0.6 is 0 Å². The fourth-order valence-corrected chi connectivity index (χ4v) is 1.76. The Kier molecular flexibility index (Phi) is 3.57. The fourth-order valence-electron chi connectivity index (χ4n) is 1.76. The van der Waals surface area contributed by atoms with Gasteiger partial charge in [0.2, 0.25) is 0 Å². The van der Waals surface area contributed by atoms with Crippen LogP contribution in [0.4, 0.5) is 11.5 Å². The van der Waals surface area contributed by atoms with Gasteiger partial charge >= 0.3 is 0 Å². The van der Waals surface area contributed by atoms with Gasteiger partial charge in [-0.3, -0.25) is 4.79 Å². The highest BCUT2D eigenvalue weighted by Gasteiger charge is 2.16. The van der Waals surface area contributed by atoms with Gasteiger partial charge in [-0.15, -0.1) is 0 Å². The van der Waals surface area contributed by atoms with E-state index < -0.39 is 0 Å². The first kappa shape index (κ1) is 12.1. The molecule has 1 aromatic heterocycles. The Bertz CT molecular complexity index is 540. The van der Waals surface area contributed by atoms with Gasteiger partial charge in [-0.05, 0) is 31.2 Å². The number of nitrogen functional groups attached to an aromatic ring is 1. The molecule has 0 radical (unpaired) electrons. The minimum absolute atomic E-state index is 0.143. The number of hydrogen-bond donors (Lipinski definition) is 1. The second-order valence-electron chi connectivity index (χ2n) is 3.83. The third kappa shape index (κ3) is 2.48. The molecule has 0 aliphatic heterocycles. The maximum Gasteiger partial charge on any atom is 0.276 e. The third-order valence-electron chi connectivity index (χ3n) is 2.62. The molecular formula is C14H15N3O. The highest BCUT2D eigenvalue weighted by atomic mass is 16.2. The van der Waals surface area contributed by atoms with E-state index in [9.17, 15) is 4.79 Å². The van der Waals surface area contributed by atoms with E-state index in [0.717, 1.165) is 5.69 Å². The Morgan fingerprint density at radius 3 is 2.50 bits per heavy atom. The van der Waals surface area contributed by atoms with Crippen molar-refractivity contribution in [1.29, 1.82) is 0 Å². The van der Waals surface area contributed by atoms with E-state index >= 15 is 0 Å². The van der Waals surface area contributed by atoms with Crippen LogP contribution in [-0.2, 0) is 0 Å². The lowest BCUT2D eigenvalue weighted by Gasteiger charge is -2.20. The lowest BCUT2D eigenvalue weighted by Crippen LogP contribution is -2.31. The van der Waals surface area contributed by atoms with Crippen LogP contribution in [0.1, 0.15) is 17.4 Å². The second kappa shape index (κ2) is 5.31. The first-order valence-electron chi connectivity index (χ1n) is 5.82. The van der Waals surface area contributed by atoms with Crippen molar-refractivity contribution in [1.82, 2.24) is 4.98 Å². The molecule has 18 heavy (non-hydrogen) atoms. The molecule has 92 valence electrons. The van der Waals surface area contributed by atoms with Crippen molar-refractivity contribution in [2.24, 2.45) is 0 Å². The fraction of sp³-hybridized carbons (Fsp3) is 0.143. The summed E-state index contributed by atoms with van der Waals surface area (Å²) in [5.41, 5.74) is 6.81. The zero-order valence-electron chi connectivity index (χ0n) is 10.2. The number of benzene rings is 1. The van der Waals surface area contributed by atoms with Gasteiger partial charge in [-0.1, -0.05) is 24.3 Å². The molecule has 1 aromatic carbocycles. The molecule has 2 aromatic rings. The van der Waals surface area contributed by atoms with Crippen LogP contribution in [0.5, 0.6) is 0 Å². The highest BCUT2D eigenvalue weighted by Crippen LogP contribution is 2.16. The average Bonchev–Trinajstić information content (AvgIpc) is 2.41. The molecule has 4 nitrogen and oxygen atoms in total. The van der Waals surface area contributed by atoms with E-state index in [2.05, 4.69) is 4.98 Å². The molecule has 1 amide bonds. The molecule has 0 unspecified atom stereocenters. The standard InChI is InChI=1S/C14H15N3O/c1-2-17(11-7-4-3-5-8-11)14(18)12-9-6-10-13(15)16-12/h3-10H,2H2,1H3,(H2,15,16). The Morgan fingerprint density at radius 1 is 1.17 bits per heavy atom. The molecular weight excluding hydrogens is 226 g/mol. The van der Waals surface area contributed by atoms with Crippen LogP contribution in [0.15, 0.2) is 48.5 Å². The number of carbonyl (C=O) groups is 1. The minimum Gasteiger partial charge on any atom is -0.384 e. The number of nitrogens with zero attached hydrogens (tertiary/aromatic N) is 2. The van der Waals surface area contributed by atoms with E-state index in [0.29, 0.717) is 18.1 Å². The summed E-state index contributed by atoms with van der Waals surface area (Å²) >= 11 is 0. The average molecular weight is 241 g/mol. The van der Waals surface area contributed by atoms with Gasteiger partial charge < -0.3 is 10.6 Å². The van der Waals surface area contributed by atoms with Gasteiger partial charge in [0.05, 0.1) is 0 Å². The van der Waals surface area contributed by atoms with E-state index in [4.69, 9.17) is 5.73 Å². The highest BCUT2D eigenvalue weighted by molar-refractivity contribution is 6.04. The number of amides is 1. The number of para-hydroxylation sites is 1. The molecule has 0 atom stereocenters. The summed E-state index contributed by atoms with van der Waals surface area (Å²) < 4.78 is 0. The van der Waals surface area contributed by atoms with Crippen LogP contribution in [0, 0.1) is 0 Å². The Labute approximate surface area is 106 Å². The number of pyridine rings is 1. The monoisotopic (exact) mass is 241 g/mol. The summed E-state index contributed by atoms with van der Waals surface area (Å²) in [5.74, 6) is 0.209. The van der Waals surface area contributed by atoms with E-state index in [1.807, 2.05) is 37.3 Å². The number of aromatic nitrogens is 1. The zero-order chi connectivity index (χ0) is 13.0. The summed E-state index contributed by atoms with van der Waals surface area (Å²) in [4.78, 5) is 18.1. The number of anilines is 2. The van der Waals surface area contributed by atoms with Crippen LogP contribution in [0.25, 0.3) is 0 Å². The number of hydrogen-bond acceptors (Lipinski definition) is 3. The van der Waals surface area contributed by atoms with Crippen molar-refractivity contribution in [2.75, 3.05) is 17.2 Å². The minimum atomic E-state index is -0.143. The summed E-state index contributed by atoms with van der Waals surface area (Å²) in [5, 5.41) is 0. The van der Waals surface area contributed by atoms with Crippen LogP contribution in [0.2, 0.25) is 0 Å². The van der Waals surface area contributed by atoms with Gasteiger partial charge in [-0.2, -0.15) is 0 Å². The van der Waals surface area contributed by atoms with Crippen molar-refractivity contribution in [3.8, 4) is 0 Å². The van der Waals surface area contributed by atoms with E-state index in [1.54, 1.807) is 23.1 Å². The Hall–Kier alpha value is -2.36. The first-order valence-corrected chi connectivity index (χ1v) is 5.82. The molecule has 0 aliphatic rings. The summed E-state index contributed by atoms with van der Waals surface area (Å²) in [6.07, 6.45) is 0. The second-order valence-corrected chi connectivity index (χ2v) is 3.83.